The number of nitrogens with two attached hydrogens (primary N) is 1. The molecule has 9 heteroatoms. The molecule has 0 aliphatic rings. The molecule has 2 aromatic heterocycles. The second kappa shape index (κ2) is 4.46. The number of aromatic nitrogens is 3. The summed E-state index contributed by atoms with van der Waals surface area (Å²) in [4.78, 5) is 4.16. The standard InChI is InChI=1S/C11H11N5O2S2/c1-16-6-9(10(12)14-16)20(17,18)15-11-13-7-4-2-3-5-8(7)19-11/h2-6H,1H3,(H2,12,14)(H,13,15). The van der Waals surface area contributed by atoms with Crippen molar-refractivity contribution in [3.8, 4) is 0 Å². The quantitative estimate of drug-likeness (QED) is 0.761. The van der Waals surface area contributed by atoms with Crippen LogP contribution in [-0.4, -0.2) is 23.2 Å². The van der Waals surface area contributed by atoms with E-state index >= 15 is 0 Å². The van der Waals surface area contributed by atoms with E-state index in [2.05, 4.69) is 14.8 Å². The Morgan fingerprint density at radius 3 is 2.75 bits per heavy atom. The molecule has 2 heterocycles. The molecular formula is C11H11N5O2S2. The Labute approximate surface area is 119 Å². The molecular weight excluding hydrogens is 298 g/mol. The average Bonchev–Trinajstić information content (AvgIpc) is 2.91. The van der Waals surface area contributed by atoms with Gasteiger partial charge in [-0.05, 0) is 12.1 Å². The molecule has 0 saturated heterocycles. The first-order chi connectivity index (χ1) is 9.45. The molecule has 3 N–H and O–H groups in total. The maximum atomic E-state index is 12.2. The molecule has 0 aliphatic carbocycles. The van der Waals surface area contributed by atoms with E-state index in [9.17, 15) is 8.42 Å². The number of nitrogens with zero attached hydrogens (tertiary/aromatic N) is 3. The van der Waals surface area contributed by atoms with E-state index in [1.54, 1.807) is 7.05 Å². The third-order valence-corrected chi connectivity index (χ3v) is 5.06. The highest BCUT2D eigenvalue weighted by atomic mass is 32.2. The van der Waals surface area contributed by atoms with Gasteiger partial charge in [-0.3, -0.25) is 9.40 Å². The summed E-state index contributed by atoms with van der Waals surface area (Å²) >= 11 is 1.26. The maximum absolute atomic E-state index is 12.2. The van der Waals surface area contributed by atoms with Gasteiger partial charge in [0.15, 0.2) is 10.9 Å². The van der Waals surface area contributed by atoms with E-state index in [1.165, 1.54) is 22.2 Å². The summed E-state index contributed by atoms with van der Waals surface area (Å²) in [5.74, 6) is -0.0406. The predicted molar refractivity (Wildman–Crippen MR) is 78.0 cm³/mol. The Hall–Kier alpha value is -2.13. The highest BCUT2D eigenvalue weighted by Crippen LogP contribution is 2.28. The Balaban J connectivity index is 1.99. The lowest BCUT2D eigenvalue weighted by atomic mass is 10.3. The highest BCUT2D eigenvalue weighted by Gasteiger charge is 2.22. The van der Waals surface area contributed by atoms with Crippen molar-refractivity contribution >= 4 is 42.5 Å². The molecule has 0 saturated carbocycles. The number of rotatable bonds is 3. The molecule has 7 nitrogen and oxygen atoms in total. The van der Waals surface area contributed by atoms with Crippen LogP contribution < -0.4 is 10.5 Å². The van der Waals surface area contributed by atoms with Crippen LogP contribution in [0.25, 0.3) is 10.2 Å². The fourth-order valence-corrected chi connectivity index (χ4v) is 3.98. The van der Waals surface area contributed by atoms with Gasteiger partial charge < -0.3 is 5.73 Å². The molecule has 3 rings (SSSR count). The highest BCUT2D eigenvalue weighted by molar-refractivity contribution is 7.93. The van der Waals surface area contributed by atoms with Crippen LogP contribution in [0, 0.1) is 0 Å². The zero-order valence-corrected chi connectivity index (χ0v) is 12.1. The average molecular weight is 309 g/mol. The van der Waals surface area contributed by atoms with Crippen LogP contribution in [0.4, 0.5) is 10.9 Å². The monoisotopic (exact) mass is 309 g/mol. The van der Waals surface area contributed by atoms with E-state index in [0.717, 1.165) is 10.2 Å². The minimum atomic E-state index is -3.78. The van der Waals surface area contributed by atoms with Gasteiger partial charge in [-0.2, -0.15) is 5.10 Å². The number of benzene rings is 1. The molecule has 0 atom stereocenters. The zero-order valence-electron chi connectivity index (χ0n) is 10.4. The summed E-state index contributed by atoms with van der Waals surface area (Å²) in [7, 11) is -2.18. The van der Waals surface area contributed by atoms with Gasteiger partial charge in [0.2, 0.25) is 0 Å². The number of thiazole rings is 1. The van der Waals surface area contributed by atoms with Crippen molar-refractivity contribution in [1.29, 1.82) is 0 Å². The third-order valence-electron chi connectivity index (χ3n) is 2.63. The number of hydrogen-bond acceptors (Lipinski definition) is 6. The smallest absolute Gasteiger partial charge is 0.268 e. The summed E-state index contributed by atoms with van der Waals surface area (Å²) < 4.78 is 29.2. The van der Waals surface area contributed by atoms with E-state index in [-0.39, 0.29) is 10.7 Å². The van der Waals surface area contributed by atoms with Crippen molar-refractivity contribution in [3.05, 3.63) is 30.5 Å². The van der Waals surface area contributed by atoms with Crippen molar-refractivity contribution in [2.75, 3.05) is 10.5 Å². The lowest BCUT2D eigenvalue weighted by Gasteiger charge is -2.02. The summed E-state index contributed by atoms with van der Waals surface area (Å²) in [5.41, 5.74) is 6.33. The van der Waals surface area contributed by atoms with Crippen LogP contribution in [0.15, 0.2) is 35.4 Å². The Morgan fingerprint density at radius 2 is 2.10 bits per heavy atom. The van der Waals surface area contributed by atoms with Gasteiger partial charge in [0.05, 0.1) is 10.2 Å². The van der Waals surface area contributed by atoms with Gasteiger partial charge >= 0.3 is 0 Å². The van der Waals surface area contributed by atoms with E-state index < -0.39 is 10.0 Å². The van der Waals surface area contributed by atoms with Crippen molar-refractivity contribution in [3.63, 3.8) is 0 Å². The van der Waals surface area contributed by atoms with Crippen LogP contribution in [0.5, 0.6) is 0 Å². The van der Waals surface area contributed by atoms with Crippen LogP contribution in [0.2, 0.25) is 0 Å². The van der Waals surface area contributed by atoms with Crippen molar-refractivity contribution < 1.29 is 8.42 Å². The van der Waals surface area contributed by atoms with Crippen LogP contribution >= 0.6 is 11.3 Å². The molecule has 0 bridgehead atoms. The second-order valence-electron chi connectivity index (χ2n) is 4.14. The van der Waals surface area contributed by atoms with Crippen LogP contribution in [0.1, 0.15) is 0 Å². The molecule has 20 heavy (non-hydrogen) atoms. The largest absolute Gasteiger partial charge is 0.381 e. The molecule has 1 aromatic carbocycles. The lowest BCUT2D eigenvalue weighted by Crippen LogP contribution is -2.13. The number of anilines is 2. The number of sulfonamides is 1. The molecule has 0 radical (unpaired) electrons. The molecule has 0 unspecified atom stereocenters. The maximum Gasteiger partial charge on any atom is 0.268 e. The molecule has 0 fully saturated rings. The number of para-hydroxylation sites is 1. The summed E-state index contributed by atoms with van der Waals surface area (Å²) in [6, 6.07) is 7.42. The number of hydrogen-bond donors (Lipinski definition) is 2. The lowest BCUT2D eigenvalue weighted by molar-refractivity contribution is 0.601. The Kier molecular flexibility index (Phi) is 2.87. The minimum Gasteiger partial charge on any atom is -0.381 e. The van der Waals surface area contributed by atoms with Gasteiger partial charge in [0, 0.05) is 13.2 Å². The van der Waals surface area contributed by atoms with Gasteiger partial charge in [0.1, 0.15) is 4.90 Å². The van der Waals surface area contributed by atoms with Crippen molar-refractivity contribution in [2.45, 2.75) is 4.90 Å². The summed E-state index contributed by atoms with van der Waals surface area (Å²) in [6.07, 6.45) is 1.35. The third kappa shape index (κ3) is 2.21. The fraction of sp³-hybridized carbons (Fsp3) is 0.0909. The van der Waals surface area contributed by atoms with Gasteiger partial charge in [-0.1, -0.05) is 23.5 Å². The van der Waals surface area contributed by atoms with Gasteiger partial charge in [-0.25, -0.2) is 13.4 Å². The summed E-state index contributed by atoms with van der Waals surface area (Å²) in [5, 5.41) is 4.12. The zero-order chi connectivity index (χ0) is 14.3. The van der Waals surface area contributed by atoms with Crippen LogP contribution in [-0.2, 0) is 17.1 Å². The molecule has 0 amide bonds. The minimum absolute atomic E-state index is 0.0406. The SMILES string of the molecule is Cn1cc(S(=O)(=O)Nc2nc3ccccc3s2)c(N)n1. The number of nitrogen functional groups attached to an aromatic ring is 1. The molecule has 104 valence electrons. The van der Waals surface area contributed by atoms with E-state index in [0.29, 0.717) is 5.13 Å². The van der Waals surface area contributed by atoms with E-state index in [1.807, 2.05) is 24.3 Å². The molecule has 0 spiro atoms. The Bertz CT molecular complexity index is 848. The molecule has 0 aliphatic heterocycles. The molecule has 3 aromatic rings. The first-order valence-electron chi connectivity index (χ1n) is 5.63. The number of fused-ring (bicyclic) bond motifs is 1. The van der Waals surface area contributed by atoms with E-state index in [4.69, 9.17) is 5.73 Å². The predicted octanol–water partition coefficient (Wildman–Crippen LogP) is 1.41. The first kappa shape index (κ1) is 12.9. The van der Waals surface area contributed by atoms with Gasteiger partial charge in [0.25, 0.3) is 10.0 Å². The van der Waals surface area contributed by atoms with Crippen LogP contribution in [0.3, 0.4) is 0 Å². The topological polar surface area (TPSA) is 103 Å². The van der Waals surface area contributed by atoms with Crippen molar-refractivity contribution in [1.82, 2.24) is 14.8 Å². The fourth-order valence-electron chi connectivity index (χ4n) is 1.78. The number of aryl methyl sites for hydroxylation is 1. The Morgan fingerprint density at radius 1 is 1.35 bits per heavy atom. The first-order valence-corrected chi connectivity index (χ1v) is 7.93. The van der Waals surface area contributed by atoms with Crippen molar-refractivity contribution in [2.24, 2.45) is 7.05 Å². The van der Waals surface area contributed by atoms with Gasteiger partial charge in [-0.15, -0.1) is 0 Å². The normalized spacial score (nSPS) is 11.8. The second-order valence-corrected chi connectivity index (χ2v) is 6.83. The summed E-state index contributed by atoms with van der Waals surface area (Å²) in [6.45, 7) is 0. The number of nitrogens with one attached hydrogen (secondary N) is 1.